The summed E-state index contributed by atoms with van der Waals surface area (Å²) in [6.45, 7) is 2.02. The number of esters is 1. The second-order valence-electron chi connectivity index (χ2n) is 4.03. The third-order valence-corrected chi connectivity index (χ3v) is 3.78. The van der Waals surface area contributed by atoms with E-state index in [0.717, 1.165) is 5.56 Å². The maximum absolute atomic E-state index is 11.8. The van der Waals surface area contributed by atoms with Crippen molar-refractivity contribution in [3.63, 3.8) is 0 Å². The van der Waals surface area contributed by atoms with Crippen LogP contribution in [0.2, 0.25) is 0 Å². The summed E-state index contributed by atoms with van der Waals surface area (Å²) in [7, 11) is -2.47. The molecule has 0 aliphatic heterocycles. The molecule has 0 fully saturated rings. The first kappa shape index (κ1) is 16.6. The number of rotatable bonds is 8. The van der Waals surface area contributed by atoms with Gasteiger partial charge in [-0.25, -0.2) is 0 Å². The van der Waals surface area contributed by atoms with E-state index in [1.54, 1.807) is 12.1 Å². The van der Waals surface area contributed by atoms with Crippen LogP contribution in [-0.4, -0.2) is 41.3 Å². The standard InChI is InChI=1S/C13H18O6S/c1-11-3-5-12(6-4-11)20(15,16)19-10-9-18-8-7-13(14)17-2/h3-6H,7-10H2,1-2H3. The topological polar surface area (TPSA) is 78.9 Å². The molecule has 0 aromatic heterocycles. The molecular formula is C13H18O6S. The average Bonchev–Trinajstić information content (AvgIpc) is 2.42. The fourth-order valence-electron chi connectivity index (χ4n) is 1.34. The highest BCUT2D eigenvalue weighted by atomic mass is 32.2. The van der Waals surface area contributed by atoms with Gasteiger partial charge in [0.15, 0.2) is 0 Å². The van der Waals surface area contributed by atoms with Gasteiger partial charge in [-0.3, -0.25) is 8.98 Å². The third-order valence-electron chi connectivity index (χ3n) is 2.45. The van der Waals surface area contributed by atoms with Gasteiger partial charge in [0.25, 0.3) is 10.1 Å². The maximum atomic E-state index is 11.8. The van der Waals surface area contributed by atoms with Crippen molar-refractivity contribution in [3.05, 3.63) is 29.8 Å². The first-order valence-electron chi connectivity index (χ1n) is 6.06. The van der Waals surface area contributed by atoms with Crippen LogP contribution in [0.25, 0.3) is 0 Å². The molecule has 20 heavy (non-hydrogen) atoms. The van der Waals surface area contributed by atoms with E-state index in [9.17, 15) is 13.2 Å². The second-order valence-corrected chi connectivity index (χ2v) is 5.64. The summed E-state index contributed by atoms with van der Waals surface area (Å²) in [4.78, 5) is 10.9. The van der Waals surface area contributed by atoms with Crippen LogP contribution in [0.15, 0.2) is 29.2 Å². The minimum Gasteiger partial charge on any atom is -0.469 e. The van der Waals surface area contributed by atoms with E-state index in [4.69, 9.17) is 8.92 Å². The molecule has 1 aromatic rings. The van der Waals surface area contributed by atoms with Crippen LogP contribution in [0.3, 0.4) is 0 Å². The second kappa shape index (κ2) is 7.98. The Hall–Kier alpha value is -1.44. The molecular weight excluding hydrogens is 284 g/mol. The quantitative estimate of drug-likeness (QED) is 0.409. The minimum absolute atomic E-state index is 0.0854. The lowest BCUT2D eigenvalue weighted by atomic mass is 10.2. The summed E-state index contributed by atoms with van der Waals surface area (Å²) in [5, 5.41) is 0. The van der Waals surface area contributed by atoms with Gasteiger partial charge in [0.1, 0.15) is 0 Å². The van der Waals surface area contributed by atoms with E-state index >= 15 is 0 Å². The van der Waals surface area contributed by atoms with Gasteiger partial charge in [0, 0.05) is 0 Å². The molecule has 0 saturated carbocycles. The van der Waals surface area contributed by atoms with Gasteiger partial charge in [0.05, 0.1) is 38.2 Å². The van der Waals surface area contributed by atoms with Crippen LogP contribution in [-0.2, 0) is 28.6 Å². The predicted octanol–water partition coefficient (Wildman–Crippen LogP) is 1.28. The van der Waals surface area contributed by atoms with E-state index < -0.39 is 10.1 Å². The van der Waals surface area contributed by atoms with E-state index in [1.807, 2.05) is 6.92 Å². The average molecular weight is 302 g/mol. The molecule has 112 valence electrons. The monoisotopic (exact) mass is 302 g/mol. The van der Waals surface area contributed by atoms with Crippen molar-refractivity contribution in [1.29, 1.82) is 0 Å². The Morgan fingerprint density at radius 2 is 1.75 bits per heavy atom. The van der Waals surface area contributed by atoms with Gasteiger partial charge in [-0.2, -0.15) is 8.42 Å². The van der Waals surface area contributed by atoms with Crippen molar-refractivity contribution < 1.29 is 26.9 Å². The molecule has 0 heterocycles. The molecule has 0 radical (unpaired) electrons. The van der Waals surface area contributed by atoms with Crippen molar-refractivity contribution in [2.24, 2.45) is 0 Å². The van der Waals surface area contributed by atoms with Crippen molar-refractivity contribution in [2.75, 3.05) is 26.9 Å². The number of hydrogen-bond acceptors (Lipinski definition) is 6. The Kier molecular flexibility index (Phi) is 6.63. The van der Waals surface area contributed by atoms with Crippen molar-refractivity contribution in [1.82, 2.24) is 0 Å². The Morgan fingerprint density at radius 1 is 1.10 bits per heavy atom. The number of carbonyl (C=O) groups excluding carboxylic acids is 1. The zero-order valence-corrected chi connectivity index (χ0v) is 12.3. The number of aryl methyl sites for hydroxylation is 1. The van der Waals surface area contributed by atoms with Crippen molar-refractivity contribution >= 4 is 16.1 Å². The predicted molar refractivity (Wildman–Crippen MR) is 71.8 cm³/mol. The zero-order chi connectivity index (χ0) is 15.0. The normalized spacial score (nSPS) is 11.3. The Labute approximate surface area is 118 Å². The highest BCUT2D eigenvalue weighted by Gasteiger charge is 2.14. The molecule has 0 aliphatic carbocycles. The van der Waals surface area contributed by atoms with Crippen LogP contribution < -0.4 is 0 Å². The van der Waals surface area contributed by atoms with Gasteiger partial charge in [-0.05, 0) is 19.1 Å². The highest BCUT2D eigenvalue weighted by Crippen LogP contribution is 2.12. The van der Waals surface area contributed by atoms with Gasteiger partial charge < -0.3 is 9.47 Å². The molecule has 1 aromatic carbocycles. The number of carbonyl (C=O) groups is 1. The summed E-state index contributed by atoms with van der Waals surface area (Å²) in [5.41, 5.74) is 0.968. The van der Waals surface area contributed by atoms with E-state index in [0.29, 0.717) is 0 Å². The molecule has 7 heteroatoms. The molecule has 1 rings (SSSR count). The van der Waals surface area contributed by atoms with Crippen molar-refractivity contribution in [2.45, 2.75) is 18.2 Å². The van der Waals surface area contributed by atoms with Crippen LogP contribution >= 0.6 is 0 Å². The number of ether oxygens (including phenoxy) is 2. The highest BCUT2D eigenvalue weighted by molar-refractivity contribution is 7.86. The summed E-state index contributed by atoms with van der Waals surface area (Å²) in [6.07, 6.45) is 0.126. The first-order valence-corrected chi connectivity index (χ1v) is 7.47. The van der Waals surface area contributed by atoms with Gasteiger partial charge in [0.2, 0.25) is 0 Å². The number of hydrogen-bond donors (Lipinski definition) is 0. The Morgan fingerprint density at radius 3 is 2.35 bits per heavy atom. The Balaban J connectivity index is 2.30. The number of methoxy groups -OCH3 is 1. The summed E-state index contributed by atoms with van der Waals surface area (Å²) < 4.78 is 37.9. The molecule has 0 amide bonds. The molecule has 0 saturated heterocycles. The maximum Gasteiger partial charge on any atom is 0.307 e. The smallest absolute Gasteiger partial charge is 0.307 e. The summed E-state index contributed by atoms with van der Waals surface area (Å²) >= 11 is 0. The summed E-state index contributed by atoms with van der Waals surface area (Å²) in [5.74, 6) is -0.377. The fourth-order valence-corrected chi connectivity index (χ4v) is 2.23. The molecule has 0 aliphatic rings. The summed E-state index contributed by atoms with van der Waals surface area (Å²) in [6, 6.07) is 6.37. The lowest BCUT2D eigenvalue weighted by molar-refractivity contribution is -0.141. The first-order chi connectivity index (χ1) is 9.45. The van der Waals surface area contributed by atoms with Crippen LogP contribution in [0.1, 0.15) is 12.0 Å². The van der Waals surface area contributed by atoms with Gasteiger partial charge in [-0.1, -0.05) is 17.7 Å². The third kappa shape index (κ3) is 5.68. The van der Waals surface area contributed by atoms with Gasteiger partial charge >= 0.3 is 5.97 Å². The van der Waals surface area contributed by atoms with Crippen LogP contribution in [0, 0.1) is 6.92 Å². The largest absolute Gasteiger partial charge is 0.469 e. The molecule has 0 N–H and O–H groups in total. The van der Waals surface area contributed by atoms with Gasteiger partial charge in [-0.15, -0.1) is 0 Å². The Bertz CT molecular complexity index is 520. The van der Waals surface area contributed by atoms with E-state index in [2.05, 4.69) is 4.74 Å². The molecule has 0 atom stereocenters. The fraction of sp³-hybridized carbons (Fsp3) is 0.462. The minimum atomic E-state index is -3.76. The van der Waals surface area contributed by atoms with E-state index in [1.165, 1.54) is 19.2 Å². The van der Waals surface area contributed by atoms with E-state index in [-0.39, 0.29) is 37.1 Å². The van der Waals surface area contributed by atoms with Crippen LogP contribution in [0.4, 0.5) is 0 Å². The number of benzene rings is 1. The molecule has 0 spiro atoms. The van der Waals surface area contributed by atoms with Crippen molar-refractivity contribution in [3.8, 4) is 0 Å². The SMILES string of the molecule is COC(=O)CCOCCOS(=O)(=O)c1ccc(C)cc1. The molecule has 0 bridgehead atoms. The lowest BCUT2D eigenvalue weighted by Crippen LogP contribution is -2.13. The lowest BCUT2D eigenvalue weighted by Gasteiger charge is -2.06. The molecule has 6 nitrogen and oxygen atoms in total. The zero-order valence-electron chi connectivity index (χ0n) is 11.5. The van der Waals surface area contributed by atoms with Crippen LogP contribution in [0.5, 0.6) is 0 Å². The molecule has 0 unspecified atom stereocenters.